The Morgan fingerprint density at radius 1 is 0.880 bits per heavy atom. The van der Waals surface area contributed by atoms with E-state index in [2.05, 4.69) is 26.6 Å². The van der Waals surface area contributed by atoms with E-state index < -0.39 is 22.9 Å². The fourth-order valence-electron chi connectivity index (χ4n) is 5.00. The van der Waals surface area contributed by atoms with Crippen LogP contribution in [0.3, 0.4) is 0 Å². The Hall–Kier alpha value is -5.23. The third-order valence-corrected chi connectivity index (χ3v) is 9.33. The predicted molar refractivity (Wildman–Crippen MR) is 196 cm³/mol. The summed E-state index contributed by atoms with van der Waals surface area (Å²) in [6.07, 6.45) is 1.24. The van der Waals surface area contributed by atoms with Crippen molar-refractivity contribution in [3.63, 3.8) is 0 Å². The van der Waals surface area contributed by atoms with Gasteiger partial charge in [0.05, 0.1) is 10.9 Å². The number of hydrogen-bond acceptors (Lipinski definition) is 6. The van der Waals surface area contributed by atoms with Gasteiger partial charge in [0, 0.05) is 37.6 Å². The van der Waals surface area contributed by atoms with Crippen LogP contribution in [0.15, 0.2) is 136 Å². The Kier molecular flexibility index (Phi) is 10.8. The second kappa shape index (κ2) is 15.5. The molecule has 0 radical (unpaired) electrons. The van der Waals surface area contributed by atoms with Crippen LogP contribution in [0, 0.1) is 5.82 Å². The number of imide groups is 1. The largest absolute Gasteiger partial charge is 0.457 e. The minimum absolute atomic E-state index is 0.0142. The lowest BCUT2D eigenvalue weighted by molar-refractivity contribution is -0.121. The van der Waals surface area contributed by atoms with Gasteiger partial charge in [-0.25, -0.2) is 9.29 Å². The highest BCUT2D eigenvalue weighted by molar-refractivity contribution is 9.10. The number of nitrogens with one attached hydrogen (secondary N) is 2. The summed E-state index contributed by atoms with van der Waals surface area (Å²) in [6, 6.07) is 32.8. The highest BCUT2D eigenvalue weighted by atomic mass is 79.9. The molecule has 8 nitrogen and oxygen atoms in total. The van der Waals surface area contributed by atoms with Crippen LogP contribution in [-0.2, 0) is 14.4 Å². The average molecular weight is 771 g/mol. The van der Waals surface area contributed by atoms with Gasteiger partial charge in [-0.1, -0.05) is 51.8 Å². The number of thioether (sulfide) groups is 1. The van der Waals surface area contributed by atoms with Crippen LogP contribution in [0.5, 0.6) is 11.5 Å². The lowest BCUT2D eigenvalue weighted by atomic mass is 10.1. The predicted octanol–water partition coefficient (Wildman–Crippen LogP) is 8.87. The SMILES string of the molecule is O=C(Nc1cccc(SC2CC(=O)N(c3ccc(Oc4ccc(Cl)cc4)cc3)C2=O)c1)C(=Cc1cc(Br)ccc1F)NC(=O)c1ccccc1. The van der Waals surface area contributed by atoms with E-state index in [9.17, 15) is 23.6 Å². The Labute approximate surface area is 304 Å². The minimum atomic E-state index is -0.697. The summed E-state index contributed by atoms with van der Waals surface area (Å²) in [6.45, 7) is 0. The Morgan fingerprint density at radius 2 is 1.58 bits per heavy atom. The van der Waals surface area contributed by atoms with E-state index >= 15 is 0 Å². The molecule has 1 saturated heterocycles. The van der Waals surface area contributed by atoms with Crippen molar-refractivity contribution in [1.29, 1.82) is 0 Å². The summed E-state index contributed by atoms with van der Waals surface area (Å²) in [7, 11) is 0. The molecule has 0 spiro atoms. The monoisotopic (exact) mass is 769 g/mol. The molecular weight excluding hydrogens is 745 g/mol. The van der Waals surface area contributed by atoms with Gasteiger partial charge < -0.3 is 15.4 Å². The number of halogens is 3. The summed E-state index contributed by atoms with van der Waals surface area (Å²) >= 11 is 10.4. The number of anilines is 2. The average Bonchev–Trinajstić information content (AvgIpc) is 3.39. The highest BCUT2D eigenvalue weighted by Crippen LogP contribution is 2.36. The zero-order chi connectivity index (χ0) is 35.2. The molecule has 5 aromatic carbocycles. The van der Waals surface area contributed by atoms with Crippen LogP contribution >= 0.6 is 39.3 Å². The number of amides is 4. The van der Waals surface area contributed by atoms with Gasteiger partial charge in [-0.15, -0.1) is 11.8 Å². The van der Waals surface area contributed by atoms with Crippen molar-refractivity contribution < 1.29 is 28.3 Å². The molecule has 1 aliphatic heterocycles. The Morgan fingerprint density at radius 3 is 2.30 bits per heavy atom. The van der Waals surface area contributed by atoms with Gasteiger partial charge in [-0.05, 0) is 103 Å². The number of carbonyl (C=O) groups is 4. The number of hydrogen-bond donors (Lipinski definition) is 2. The lowest BCUT2D eigenvalue weighted by Crippen LogP contribution is -2.31. The Bertz CT molecular complexity index is 2110. The van der Waals surface area contributed by atoms with Gasteiger partial charge in [0.1, 0.15) is 23.0 Å². The highest BCUT2D eigenvalue weighted by Gasteiger charge is 2.40. The van der Waals surface area contributed by atoms with E-state index in [0.717, 1.165) is 4.90 Å². The number of benzene rings is 5. The lowest BCUT2D eigenvalue weighted by Gasteiger charge is -2.16. The van der Waals surface area contributed by atoms with Crippen molar-refractivity contribution in [1.82, 2.24) is 5.32 Å². The summed E-state index contributed by atoms with van der Waals surface area (Å²) in [5.41, 5.74) is 0.989. The molecule has 250 valence electrons. The summed E-state index contributed by atoms with van der Waals surface area (Å²) < 4.78 is 21.1. The van der Waals surface area contributed by atoms with Gasteiger partial charge in [0.2, 0.25) is 11.8 Å². The molecule has 4 amide bonds. The van der Waals surface area contributed by atoms with Crippen molar-refractivity contribution >= 4 is 80.4 Å². The van der Waals surface area contributed by atoms with E-state index in [1.165, 1.54) is 36.0 Å². The fraction of sp³-hybridized carbons (Fsp3) is 0.0526. The van der Waals surface area contributed by atoms with E-state index in [1.54, 1.807) is 103 Å². The van der Waals surface area contributed by atoms with Gasteiger partial charge >= 0.3 is 0 Å². The van der Waals surface area contributed by atoms with Gasteiger partial charge in [-0.3, -0.25) is 19.2 Å². The molecule has 0 saturated carbocycles. The summed E-state index contributed by atoms with van der Waals surface area (Å²) in [5.74, 6) is -1.43. The van der Waals surface area contributed by atoms with Crippen molar-refractivity contribution in [3.8, 4) is 11.5 Å². The molecule has 12 heteroatoms. The third kappa shape index (κ3) is 8.49. The van der Waals surface area contributed by atoms with Gasteiger partial charge in [-0.2, -0.15) is 0 Å². The number of ether oxygens (including phenoxy) is 1. The maximum atomic E-state index is 14.7. The molecule has 1 atom stereocenters. The molecule has 0 bridgehead atoms. The molecule has 1 heterocycles. The summed E-state index contributed by atoms with van der Waals surface area (Å²) in [5, 5.41) is 5.23. The topological polar surface area (TPSA) is 105 Å². The molecule has 50 heavy (non-hydrogen) atoms. The van der Waals surface area contributed by atoms with Crippen LogP contribution in [0.4, 0.5) is 15.8 Å². The zero-order valence-corrected chi connectivity index (χ0v) is 29.1. The first-order valence-electron chi connectivity index (χ1n) is 15.1. The molecule has 1 unspecified atom stereocenters. The smallest absolute Gasteiger partial charge is 0.272 e. The molecule has 2 N–H and O–H groups in total. The van der Waals surface area contributed by atoms with Crippen molar-refractivity contribution in [2.75, 3.05) is 10.2 Å². The summed E-state index contributed by atoms with van der Waals surface area (Å²) in [4.78, 5) is 54.7. The van der Waals surface area contributed by atoms with E-state index in [0.29, 0.717) is 42.8 Å². The maximum Gasteiger partial charge on any atom is 0.272 e. The number of carbonyl (C=O) groups excluding carboxylic acids is 4. The van der Waals surface area contributed by atoms with E-state index in [-0.39, 0.29) is 29.5 Å². The van der Waals surface area contributed by atoms with E-state index in [4.69, 9.17) is 16.3 Å². The number of nitrogens with zero attached hydrogens (tertiary/aromatic N) is 1. The van der Waals surface area contributed by atoms with Crippen molar-refractivity contribution in [2.24, 2.45) is 0 Å². The molecule has 1 aliphatic rings. The van der Waals surface area contributed by atoms with Crippen LogP contribution in [0.1, 0.15) is 22.3 Å². The fourth-order valence-corrected chi connectivity index (χ4v) is 6.62. The first kappa shape index (κ1) is 34.6. The zero-order valence-electron chi connectivity index (χ0n) is 25.9. The van der Waals surface area contributed by atoms with Crippen LogP contribution in [0.2, 0.25) is 5.02 Å². The molecule has 6 rings (SSSR count). The quantitative estimate of drug-likeness (QED) is 0.109. The molecule has 0 aliphatic carbocycles. The van der Waals surface area contributed by atoms with Crippen molar-refractivity contribution in [2.45, 2.75) is 16.6 Å². The first-order chi connectivity index (χ1) is 24.1. The van der Waals surface area contributed by atoms with Crippen molar-refractivity contribution in [3.05, 3.63) is 153 Å². The normalized spacial score (nSPS) is 14.4. The molecule has 0 aromatic heterocycles. The van der Waals surface area contributed by atoms with Gasteiger partial charge in [0.15, 0.2) is 0 Å². The van der Waals surface area contributed by atoms with Crippen LogP contribution < -0.4 is 20.3 Å². The Balaban J connectivity index is 1.15. The first-order valence-corrected chi connectivity index (χ1v) is 17.2. The van der Waals surface area contributed by atoms with Crippen LogP contribution in [0.25, 0.3) is 6.08 Å². The maximum absolute atomic E-state index is 14.7. The minimum Gasteiger partial charge on any atom is -0.457 e. The third-order valence-electron chi connectivity index (χ3n) is 7.41. The van der Waals surface area contributed by atoms with Gasteiger partial charge in [0.25, 0.3) is 11.8 Å². The standard InChI is InChI=1S/C38H26BrClFN3O5S/c39-25-9-18-32(41)24(19-25)20-33(43-36(46)23-5-2-1-3-6-23)37(47)42-27-7-4-8-31(21-27)50-34-22-35(45)44(38(34)48)28-12-16-30(17-13-28)49-29-14-10-26(40)11-15-29/h1-21,34H,22H2,(H,42,47)(H,43,46). The molecule has 1 fully saturated rings. The molecular formula is C38H26BrClFN3O5S. The second-order valence-corrected chi connectivity index (χ2v) is 13.6. The van der Waals surface area contributed by atoms with Crippen LogP contribution in [-0.4, -0.2) is 28.9 Å². The van der Waals surface area contributed by atoms with E-state index in [1.807, 2.05) is 0 Å². The second-order valence-electron chi connectivity index (χ2n) is 11.0. The molecule has 5 aromatic rings. The number of rotatable bonds is 10.